The second-order valence-electron chi connectivity index (χ2n) is 4.01. The molecule has 1 aromatic carbocycles. The van der Waals surface area contributed by atoms with E-state index in [9.17, 15) is 0 Å². The second kappa shape index (κ2) is 5.96. The largest absolute Gasteiger partial charge is 0.496 e. The molecule has 1 aromatic heterocycles. The van der Waals surface area contributed by atoms with Crippen LogP contribution in [-0.2, 0) is 0 Å². The minimum atomic E-state index is 0.182. The quantitative estimate of drug-likeness (QED) is 0.867. The summed E-state index contributed by atoms with van der Waals surface area (Å²) in [6, 6.07) is 11.9. The normalized spacial score (nSPS) is 12.6. The molecule has 1 unspecified atom stereocenters. The molecule has 0 bridgehead atoms. The molecule has 0 saturated heterocycles. The van der Waals surface area contributed by atoms with E-state index in [4.69, 9.17) is 9.15 Å². The van der Waals surface area contributed by atoms with Crippen molar-refractivity contribution in [1.29, 1.82) is 0 Å². The number of ether oxygens (including phenoxy) is 1. The Morgan fingerprint density at radius 2 is 2.06 bits per heavy atom. The van der Waals surface area contributed by atoms with Gasteiger partial charge in [-0.25, -0.2) is 0 Å². The van der Waals surface area contributed by atoms with Crippen LogP contribution in [0.25, 0.3) is 6.08 Å². The Kier molecular flexibility index (Phi) is 4.07. The molecule has 1 atom stereocenters. The zero-order valence-corrected chi connectivity index (χ0v) is 10.6. The first kappa shape index (κ1) is 12.3. The summed E-state index contributed by atoms with van der Waals surface area (Å²) in [7, 11) is 1.68. The molecule has 0 radical (unpaired) electrons. The third-order valence-electron chi connectivity index (χ3n) is 2.59. The van der Waals surface area contributed by atoms with E-state index in [0.29, 0.717) is 0 Å². The molecule has 0 fully saturated rings. The smallest absolute Gasteiger partial charge is 0.193 e. The predicted molar refractivity (Wildman–Crippen MR) is 73.8 cm³/mol. The molecule has 3 heteroatoms. The summed E-state index contributed by atoms with van der Waals surface area (Å²) in [6.07, 6.45) is 5.76. The van der Waals surface area contributed by atoms with Gasteiger partial charge in [-0.2, -0.15) is 0 Å². The molecule has 3 nitrogen and oxygen atoms in total. The SMILES string of the molecule is COc1ccccc1C=CC(C)Nc1ccco1. The molecular formula is C15H17NO2. The van der Waals surface area contributed by atoms with E-state index < -0.39 is 0 Å². The van der Waals surface area contributed by atoms with Gasteiger partial charge in [-0.3, -0.25) is 0 Å². The number of nitrogens with one attached hydrogen (secondary N) is 1. The van der Waals surface area contributed by atoms with Gasteiger partial charge in [0, 0.05) is 17.7 Å². The summed E-state index contributed by atoms with van der Waals surface area (Å²) >= 11 is 0. The van der Waals surface area contributed by atoms with E-state index in [0.717, 1.165) is 17.2 Å². The van der Waals surface area contributed by atoms with Crippen molar-refractivity contribution in [1.82, 2.24) is 0 Å². The van der Waals surface area contributed by atoms with Crippen LogP contribution in [0.5, 0.6) is 5.75 Å². The van der Waals surface area contributed by atoms with Crippen molar-refractivity contribution in [3.8, 4) is 5.75 Å². The maximum atomic E-state index is 5.29. The number of furan rings is 1. The van der Waals surface area contributed by atoms with Gasteiger partial charge in [0.05, 0.1) is 13.4 Å². The molecule has 1 heterocycles. The predicted octanol–water partition coefficient (Wildman–Crippen LogP) is 3.80. The maximum absolute atomic E-state index is 5.29. The average molecular weight is 243 g/mol. The lowest BCUT2D eigenvalue weighted by Crippen LogP contribution is -2.10. The third kappa shape index (κ3) is 3.17. The highest BCUT2D eigenvalue weighted by atomic mass is 16.5. The van der Waals surface area contributed by atoms with Crippen molar-refractivity contribution in [2.45, 2.75) is 13.0 Å². The van der Waals surface area contributed by atoms with Gasteiger partial charge in [0.15, 0.2) is 5.88 Å². The summed E-state index contributed by atoms with van der Waals surface area (Å²) in [4.78, 5) is 0. The number of hydrogen-bond donors (Lipinski definition) is 1. The molecular weight excluding hydrogens is 226 g/mol. The van der Waals surface area contributed by atoms with Gasteiger partial charge in [-0.1, -0.05) is 30.4 Å². The number of benzene rings is 1. The Morgan fingerprint density at radius 3 is 2.78 bits per heavy atom. The first-order chi connectivity index (χ1) is 8.79. The van der Waals surface area contributed by atoms with Gasteiger partial charge in [-0.05, 0) is 19.1 Å². The summed E-state index contributed by atoms with van der Waals surface area (Å²) in [6.45, 7) is 2.06. The Morgan fingerprint density at radius 1 is 1.22 bits per heavy atom. The number of methoxy groups -OCH3 is 1. The number of para-hydroxylation sites is 1. The average Bonchev–Trinajstić information content (AvgIpc) is 2.89. The first-order valence-electron chi connectivity index (χ1n) is 5.91. The second-order valence-corrected chi connectivity index (χ2v) is 4.01. The highest BCUT2D eigenvalue weighted by Gasteiger charge is 2.01. The fourth-order valence-corrected chi connectivity index (χ4v) is 1.69. The van der Waals surface area contributed by atoms with Crippen molar-refractivity contribution >= 4 is 12.0 Å². The molecule has 94 valence electrons. The molecule has 0 amide bonds. The highest BCUT2D eigenvalue weighted by molar-refractivity contribution is 5.58. The standard InChI is InChI=1S/C15H17NO2/c1-12(16-15-8-5-11-18-15)9-10-13-6-3-4-7-14(13)17-2/h3-12,16H,1-2H3. The fraction of sp³-hybridized carbons (Fsp3) is 0.200. The van der Waals surface area contributed by atoms with E-state index in [-0.39, 0.29) is 6.04 Å². The minimum Gasteiger partial charge on any atom is -0.496 e. The van der Waals surface area contributed by atoms with Gasteiger partial charge in [0.1, 0.15) is 5.75 Å². The van der Waals surface area contributed by atoms with E-state index in [1.165, 1.54) is 0 Å². The molecule has 2 rings (SSSR count). The number of anilines is 1. The summed E-state index contributed by atoms with van der Waals surface area (Å²) in [5, 5.41) is 3.24. The van der Waals surface area contributed by atoms with Crippen LogP contribution in [-0.4, -0.2) is 13.2 Å². The van der Waals surface area contributed by atoms with Gasteiger partial charge in [0.25, 0.3) is 0 Å². The van der Waals surface area contributed by atoms with Crippen molar-refractivity contribution in [3.63, 3.8) is 0 Å². The number of rotatable bonds is 5. The Balaban J connectivity index is 2.01. The van der Waals surface area contributed by atoms with Crippen molar-refractivity contribution in [3.05, 3.63) is 54.3 Å². The van der Waals surface area contributed by atoms with Gasteiger partial charge >= 0.3 is 0 Å². The number of hydrogen-bond acceptors (Lipinski definition) is 3. The molecule has 1 N–H and O–H groups in total. The molecule has 0 saturated carbocycles. The highest BCUT2D eigenvalue weighted by Crippen LogP contribution is 2.19. The Bertz CT molecular complexity index is 503. The molecule has 0 aliphatic heterocycles. The summed E-state index contributed by atoms with van der Waals surface area (Å²) in [5.74, 6) is 1.64. The van der Waals surface area contributed by atoms with Crippen LogP contribution in [0.2, 0.25) is 0 Å². The minimum absolute atomic E-state index is 0.182. The van der Waals surface area contributed by atoms with Crippen LogP contribution in [0.1, 0.15) is 12.5 Å². The molecule has 0 spiro atoms. The van der Waals surface area contributed by atoms with Crippen LogP contribution in [0.15, 0.2) is 53.2 Å². The molecule has 0 aliphatic carbocycles. The topological polar surface area (TPSA) is 34.4 Å². The van der Waals surface area contributed by atoms with Crippen molar-refractivity contribution < 1.29 is 9.15 Å². The monoisotopic (exact) mass is 243 g/mol. The van der Waals surface area contributed by atoms with Crippen LogP contribution >= 0.6 is 0 Å². The zero-order valence-electron chi connectivity index (χ0n) is 10.6. The Labute approximate surface area is 107 Å². The molecule has 0 aliphatic rings. The van der Waals surface area contributed by atoms with Gasteiger partial charge in [0.2, 0.25) is 0 Å². The van der Waals surface area contributed by atoms with Crippen LogP contribution in [0.3, 0.4) is 0 Å². The van der Waals surface area contributed by atoms with E-state index in [1.807, 2.05) is 42.5 Å². The first-order valence-corrected chi connectivity index (χ1v) is 5.91. The van der Waals surface area contributed by atoms with Gasteiger partial charge in [-0.15, -0.1) is 0 Å². The van der Waals surface area contributed by atoms with Crippen LogP contribution in [0.4, 0.5) is 5.88 Å². The molecule has 2 aromatic rings. The third-order valence-corrected chi connectivity index (χ3v) is 2.59. The van der Waals surface area contributed by atoms with Crippen molar-refractivity contribution in [2.75, 3.05) is 12.4 Å². The lowest BCUT2D eigenvalue weighted by molar-refractivity contribution is 0.414. The zero-order chi connectivity index (χ0) is 12.8. The van der Waals surface area contributed by atoms with E-state index >= 15 is 0 Å². The fourth-order valence-electron chi connectivity index (χ4n) is 1.69. The van der Waals surface area contributed by atoms with E-state index in [2.05, 4.69) is 18.3 Å². The van der Waals surface area contributed by atoms with E-state index in [1.54, 1.807) is 13.4 Å². The Hall–Kier alpha value is -2.16. The maximum Gasteiger partial charge on any atom is 0.193 e. The lowest BCUT2D eigenvalue weighted by Gasteiger charge is -2.08. The summed E-state index contributed by atoms with van der Waals surface area (Å²) < 4.78 is 10.5. The summed E-state index contributed by atoms with van der Waals surface area (Å²) in [5.41, 5.74) is 1.06. The van der Waals surface area contributed by atoms with Crippen LogP contribution < -0.4 is 10.1 Å². The van der Waals surface area contributed by atoms with Crippen LogP contribution in [0, 0.1) is 0 Å². The molecule has 18 heavy (non-hydrogen) atoms. The van der Waals surface area contributed by atoms with Crippen molar-refractivity contribution in [2.24, 2.45) is 0 Å². The van der Waals surface area contributed by atoms with Gasteiger partial charge < -0.3 is 14.5 Å². The lowest BCUT2D eigenvalue weighted by atomic mass is 10.1.